The molecule has 0 amide bonds. The average Bonchev–Trinajstić information content (AvgIpc) is 3.09. The molecule has 1 aromatic rings. The standard InChI is InChI=1S/C15H23NO2S/c1-2-13-7-8-15(19-13)14(18)11-16(9-10-17)12-5-3-4-6-12/h7-8,12,17H,2-6,9-11H2,1H3. The maximum Gasteiger partial charge on any atom is 0.186 e. The molecule has 0 aromatic carbocycles. The van der Waals surface area contributed by atoms with Crippen LogP contribution in [0.15, 0.2) is 12.1 Å². The Morgan fingerprint density at radius 1 is 1.42 bits per heavy atom. The fourth-order valence-electron chi connectivity index (χ4n) is 2.77. The highest BCUT2D eigenvalue weighted by Gasteiger charge is 2.24. The highest BCUT2D eigenvalue weighted by molar-refractivity contribution is 7.14. The fourth-order valence-corrected chi connectivity index (χ4v) is 3.65. The summed E-state index contributed by atoms with van der Waals surface area (Å²) < 4.78 is 0. The molecule has 0 radical (unpaired) electrons. The molecular formula is C15H23NO2S. The second-order valence-electron chi connectivity index (χ2n) is 5.18. The lowest BCUT2D eigenvalue weighted by molar-refractivity contribution is 0.0866. The molecule has 1 saturated carbocycles. The third-order valence-electron chi connectivity index (χ3n) is 3.86. The summed E-state index contributed by atoms with van der Waals surface area (Å²) in [5.41, 5.74) is 0. The molecule has 0 saturated heterocycles. The molecule has 3 nitrogen and oxygen atoms in total. The number of thiophene rings is 1. The molecule has 0 atom stereocenters. The van der Waals surface area contributed by atoms with Gasteiger partial charge in [-0.3, -0.25) is 9.69 Å². The zero-order chi connectivity index (χ0) is 13.7. The number of carbonyl (C=O) groups excluding carboxylic acids is 1. The predicted molar refractivity (Wildman–Crippen MR) is 78.9 cm³/mol. The third kappa shape index (κ3) is 3.88. The summed E-state index contributed by atoms with van der Waals surface area (Å²) >= 11 is 1.60. The van der Waals surface area contributed by atoms with Gasteiger partial charge in [-0.05, 0) is 31.4 Å². The van der Waals surface area contributed by atoms with Crippen molar-refractivity contribution in [1.82, 2.24) is 4.90 Å². The summed E-state index contributed by atoms with van der Waals surface area (Å²) in [7, 11) is 0. The molecular weight excluding hydrogens is 258 g/mol. The maximum absolute atomic E-state index is 12.3. The normalized spacial score (nSPS) is 16.4. The summed E-state index contributed by atoms with van der Waals surface area (Å²) in [4.78, 5) is 16.6. The minimum Gasteiger partial charge on any atom is -0.395 e. The van der Waals surface area contributed by atoms with Crippen molar-refractivity contribution in [2.24, 2.45) is 0 Å². The van der Waals surface area contributed by atoms with E-state index in [4.69, 9.17) is 0 Å². The van der Waals surface area contributed by atoms with E-state index in [1.807, 2.05) is 12.1 Å². The quantitative estimate of drug-likeness (QED) is 0.781. The van der Waals surface area contributed by atoms with Gasteiger partial charge in [0.05, 0.1) is 18.0 Å². The molecule has 1 aromatic heterocycles. The Kier molecular flexibility index (Phi) is 5.55. The summed E-state index contributed by atoms with van der Waals surface area (Å²) in [6.07, 6.45) is 5.82. The van der Waals surface area contributed by atoms with E-state index < -0.39 is 0 Å². The van der Waals surface area contributed by atoms with Gasteiger partial charge in [-0.2, -0.15) is 0 Å². The number of aliphatic hydroxyl groups excluding tert-OH is 1. The van der Waals surface area contributed by atoms with Gasteiger partial charge in [0.2, 0.25) is 0 Å². The molecule has 4 heteroatoms. The van der Waals surface area contributed by atoms with E-state index in [0.29, 0.717) is 19.1 Å². The second-order valence-corrected chi connectivity index (χ2v) is 6.34. The summed E-state index contributed by atoms with van der Waals surface area (Å²) in [6, 6.07) is 4.48. The van der Waals surface area contributed by atoms with E-state index in [0.717, 1.165) is 24.1 Å². The number of nitrogens with zero attached hydrogens (tertiary/aromatic N) is 1. The van der Waals surface area contributed by atoms with Crippen molar-refractivity contribution < 1.29 is 9.90 Å². The lowest BCUT2D eigenvalue weighted by Crippen LogP contribution is -2.39. The van der Waals surface area contributed by atoms with Crippen molar-refractivity contribution in [2.45, 2.75) is 45.1 Å². The Hall–Kier alpha value is -0.710. The van der Waals surface area contributed by atoms with E-state index in [1.54, 1.807) is 11.3 Å². The van der Waals surface area contributed by atoms with E-state index in [2.05, 4.69) is 11.8 Å². The number of Topliss-reactive ketones (excluding diaryl/α,β-unsaturated/α-hetero) is 1. The Morgan fingerprint density at radius 2 is 2.16 bits per heavy atom. The van der Waals surface area contributed by atoms with Crippen molar-refractivity contribution in [2.75, 3.05) is 19.7 Å². The number of aryl methyl sites for hydroxylation is 1. The van der Waals surface area contributed by atoms with Crippen LogP contribution in [0.1, 0.15) is 47.2 Å². The van der Waals surface area contributed by atoms with E-state index in [-0.39, 0.29) is 12.4 Å². The number of aliphatic hydroxyl groups is 1. The van der Waals surface area contributed by atoms with Gasteiger partial charge in [0.15, 0.2) is 5.78 Å². The van der Waals surface area contributed by atoms with Gasteiger partial charge in [-0.1, -0.05) is 19.8 Å². The van der Waals surface area contributed by atoms with Crippen LogP contribution in [-0.2, 0) is 6.42 Å². The largest absolute Gasteiger partial charge is 0.395 e. The number of carbonyl (C=O) groups is 1. The summed E-state index contributed by atoms with van der Waals surface area (Å²) in [5, 5.41) is 9.17. The molecule has 1 aliphatic rings. The van der Waals surface area contributed by atoms with E-state index in [1.165, 1.54) is 17.7 Å². The Morgan fingerprint density at radius 3 is 2.74 bits per heavy atom. The molecule has 106 valence electrons. The number of rotatable bonds is 7. The minimum absolute atomic E-state index is 0.133. The molecule has 1 fully saturated rings. The van der Waals surface area contributed by atoms with Crippen LogP contribution in [0.2, 0.25) is 0 Å². The van der Waals surface area contributed by atoms with Crippen LogP contribution in [0.3, 0.4) is 0 Å². The fraction of sp³-hybridized carbons (Fsp3) is 0.667. The van der Waals surface area contributed by atoms with E-state index in [9.17, 15) is 9.90 Å². The van der Waals surface area contributed by atoms with Gasteiger partial charge in [-0.15, -0.1) is 11.3 Å². The lowest BCUT2D eigenvalue weighted by Gasteiger charge is -2.27. The van der Waals surface area contributed by atoms with Crippen LogP contribution in [-0.4, -0.2) is 41.5 Å². The number of hydrogen-bond donors (Lipinski definition) is 1. The van der Waals surface area contributed by atoms with Crippen molar-refractivity contribution in [3.63, 3.8) is 0 Å². The van der Waals surface area contributed by atoms with Crippen LogP contribution in [0.5, 0.6) is 0 Å². The first-order chi connectivity index (χ1) is 9.24. The predicted octanol–water partition coefficient (Wildman–Crippen LogP) is 2.73. The Balaban J connectivity index is 1.97. The zero-order valence-electron chi connectivity index (χ0n) is 11.6. The van der Waals surface area contributed by atoms with Crippen LogP contribution in [0.4, 0.5) is 0 Å². The average molecular weight is 281 g/mol. The van der Waals surface area contributed by atoms with Gasteiger partial charge in [0.25, 0.3) is 0 Å². The van der Waals surface area contributed by atoms with Crippen molar-refractivity contribution in [1.29, 1.82) is 0 Å². The number of hydrogen-bond acceptors (Lipinski definition) is 4. The first-order valence-electron chi connectivity index (χ1n) is 7.21. The topological polar surface area (TPSA) is 40.5 Å². The van der Waals surface area contributed by atoms with Gasteiger partial charge < -0.3 is 5.11 Å². The molecule has 1 aliphatic carbocycles. The van der Waals surface area contributed by atoms with Crippen molar-refractivity contribution in [3.8, 4) is 0 Å². The minimum atomic E-state index is 0.133. The maximum atomic E-state index is 12.3. The zero-order valence-corrected chi connectivity index (χ0v) is 12.4. The molecule has 0 unspecified atom stereocenters. The first-order valence-corrected chi connectivity index (χ1v) is 8.03. The van der Waals surface area contributed by atoms with E-state index >= 15 is 0 Å². The monoisotopic (exact) mass is 281 g/mol. The molecule has 1 N–H and O–H groups in total. The van der Waals surface area contributed by atoms with Crippen LogP contribution in [0, 0.1) is 0 Å². The van der Waals surface area contributed by atoms with Gasteiger partial charge >= 0.3 is 0 Å². The first kappa shape index (κ1) is 14.7. The van der Waals surface area contributed by atoms with Gasteiger partial charge in [0.1, 0.15) is 0 Å². The van der Waals surface area contributed by atoms with Crippen molar-refractivity contribution in [3.05, 3.63) is 21.9 Å². The highest BCUT2D eigenvalue weighted by atomic mass is 32.1. The molecule has 1 heterocycles. The molecule has 0 bridgehead atoms. The van der Waals surface area contributed by atoms with Crippen molar-refractivity contribution >= 4 is 17.1 Å². The number of ketones is 1. The van der Waals surface area contributed by atoms with Crippen LogP contribution < -0.4 is 0 Å². The highest BCUT2D eigenvalue weighted by Crippen LogP contribution is 2.24. The molecule has 0 aliphatic heterocycles. The SMILES string of the molecule is CCc1ccc(C(=O)CN(CCO)C2CCCC2)s1. The van der Waals surface area contributed by atoms with Crippen LogP contribution >= 0.6 is 11.3 Å². The van der Waals surface area contributed by atoms with Gasteiger partial charge in [-0.25, -0.2) is 0 Å². The smallest absolute Gasteiger partial charge is 0.186 e. The lowest BCUT2D eigenvalue weighted by atomic mass is 10.2. The summed E-state index contributed by atoms with van der Waals surface area (Å²) in [6.45, 7) is 3.31. The molecule has 2 rings (SSSR count). The molecule has 19 heavy (non-hydrogen) atoms. The second kappa shape index (κ2) is 7.17. The third-order valence-corrected chi connectivity index (χ3v) is 5.13. The summed E-state index contributed by atoms with van der Waals surface area (Å²) in [5.74, 6) is 0.199. The van der Waals surface area contributed by atoms with Crippen LogP contribution in [0.25, 0.3) is 0 Å². The van der Waals surface area contributed by atoms with Gasteiger partial charge in [0, 0.05) is 17.5 Å². The Bertz CT molecular complexity index is 410. The molecule has 0 spiro atoms. The Labute approximate surface area is 119 Å².